The average Bonchev–Trinajstić information content (AvgIpc) is 3.00. The van der Waals surface area contributed by atoms with Crippen molar-refractivity contribution in [2.75, 3.05) is 25.0 Å². The summed E-state index contributed by atoms with van der Waals surface area (Å²) in [6, 6.07) is 9.46. The Hall–Kier alpha value is -2.51. The lowest BCUT2D eigenvalue weighted by atomic mass is 10.1. The zero-order valence-corrected chi connectivity index (χ0v) is 13.0. The predicted octanol–water partition coefficient (Wildman–Crippen LogP) is 1.27. The minimum Gasteiger partial charge on any atom is -0.391 e. The number of carbonyl (C=O) groups excluding carboxylic acids is 1. The van der Waals surface area contributed by atoms with E-state index in [1.807, 2.05) is 0 Å². The fourth-order valence-corrected chi connectivity index (χ4v) is 2.62. The molecule has 1 fully saturated rings. The van der Waals surface area contributed by atoms with E-state index in [-0.39, 0.29) is 23.3 Å². The van der Waals surface area contributed by atoms with E-state index in [1.165, 1.54) is 12.3 Å². The number of hydrogen-bond acceptors (Lipinski definition) is 5. The Labute approximate surface area is 139 Å². The molecule has 1 aliphatic heterocycles. The highest BCUT2D eigenvalue weighted by Gasteiger charge is 2.25. The predicted molar refractivity (Wildman–Crippen MR) is 88.6 cm³/mol. The van der Waals surface area contributed by atoms with Crippen molar-refractivity contribution in [3.05, 3.63) is 54.0 Å². The van der Waals surface area contributed by atoms with E-state index in [4.69, 9.17) is 0 Å². The first-order valence-corrected chi connectivity index (χ1v) is 7.78. The zero-order chi connectivity index (χ0) is 16.9. The lowest BCUT2D eigenvalue weighted by Crippen LogP contribution is -2.34. The highest BCUT2D eigenvalue weighted by molar-refractivity contribution is 5.99. The molecule has 0 bridgehead atoms. The van der Waals surface area contributed by atoms with Gasteiger partial charge in [-0.3, -0.25) is 4.79 Å². The van der Waals surface area contributed by atoms with Crippen molar-refractivity contribution in [2.45, 2.75) is 6.10 Å². The van der Waals surface area contributed by atoms with Crippen molar-refractivity contribution < 1.29 is 14.3 Å². The molecule has 2 atom stereocenters. The smallest absolute Gasteiger partial charge is 0.255 e. The van der Waals surface area contributed by atoms with E-state index in [0.29, 0.717) is 25.2 Å². The van der Waals surface area contributed by atoms with E-state index in [9.17, 15) is 14.3 Å². The summed E-state index contributed by atoms with van der Waals surface area (Å²) < 4.78 is 13.8. The number of para-hydroxylation sites is 1. The van der Waals surface area contributed by atoms with Gasteiger partial charge in [-0.2, -0.15) is 0 Å². The van der Waals surface area contributed by atoms with Crippen LogP contribution in [0.1, 0.15) is 10.4 Å². The number of nitrogens with one attached hydrogen (secondary N) is 3. The van der Waals surface area contributed by atoms with Gasteiger partial charge in [-0.25, -0.2) is 9.37 Å². The normalized spacial score (nSPS) is 19.9. The number of anilines is 2. The third-order valence-corrected chi connectivity index (χ3v) is 4.01. The summed E-state index contributed by atoms with van der Waals surface area (Å²) in [5.41, 5.74) is 0.571. The van der Waals surface area contributed by atoms with Crippen LogP contribution in [0, 0.1) is 11.7 Å². The van der Waals surface area contributed by atoms with Gasteiger partial charge >= 0.3 is 0 Å². The second kappa shape index (κ2) is 7.37. The van der Waals surface area contributed by atoms with Crippen molar-refractivity contribution in [3.63, 3.8) is 0 Å². The largest absolute Gasteiger partial charge is 0.391 e. The van der Waals surface area contributed by atoms with Crippen LogP contribution in [-0.2, 0) is 0 Å². The topological polar surface area (TPSA) is 86.3 Å². The van der Waals surface area contributed by atoms with Gasteiger partial charge in [0, 0.05) is 31.7 Å². The number of pyridine rings is 1. The molecule has 24 heavy (non-hydrogen) atoms. The molecule has 0 radical (unpaired) electrons. The fraction of sp³-hybridized carbons (Fsp3) is 0.294. The quantitative estimate of drug-likeness (QED) is 0.663. The molecule has 1 aromatic heterocycles. The van der Waals surface area contributed by atoms with Gasteiger partial charge in [-0.05, 0) is 24.3 Å². The summed E-state index contributed by atoms with van der Waals surface area (Å²) in [6.07, 6.45) is 1.07. The van der Waals surface area contributed by atoms with Crippen LogP contribution in [0.3, 0.4) is 0 Å². The van der Waals surface area contributed by atoms with Crippen molar-refractivity contribution >= 4 is 17.4 Å². The van der Waals surface area contributed by atoms with Gasteiger partial charge in [0.15, 0.2) is 0 Å². The first kappa shape index (κ1) is 16.4. The van der Waals surface area contributed by atoms with Crippen molar-refractivity contribution in [3.8, 4) is 0 Å². The van der Waals surface area contributed by atoms with E-state index < -0.39 is 11.9 Å². The first-order chi connectivity index (χ1) is 11.6. The second-order valence-electron chi connectivity index (χ2n) is 5.70. The molecule has 0 spiro atoms. The van der Waals surface area contributed by atoms with Crippen LogP contribution in [0.15, 0.2) is 42.6 Å². The molecule has 6 nitrogen and oxygen atoms in total. The second-order valence-corrected chi connectivity index (χ2v) is 5.70. The molecule has 1 amide bonds. The van der Waals surface area contributed by atoms with Crippen LogP contribution in [-0.4, -0.2) is 41.7 Å². The van der Waals surface area contributed by atoms with Crippen molar-refractivity contribution in [2.24, 2.45) is 5.92 Å². The van der Waals surface area contributed by atoms with E-state index >= 15 is 0 Å². The molecule has 2 unspecified atom stereocenters. The van der Waals surface area contributed by atoms with E-state index in [1.54, 1.807) is 30.3 Å². The number of rotatable bonds is 5. The number of amides is 1. The lowest BCUT2D eigenvalue weighted by molar-refractivity contribution is 0.0927. The lowest BCUT2D eigenvalue weighted by Gasteiger charge is -2.15. The van der Waals surface area contributed by atoms with Gasteiger partial charge in [0.2, 0.25) is 0 Å². The Bertz CT molecular complexity index is 725. The van der Waals surface area contributed by atoms with Crippen LogP contribution >= 0.6 is 0 Å². The highest BCUT2D eigenvalue weighted by atomic mass is 19.1. The number of aromatic nitrogens is 1. The molecule has 0 aliphatic carbocycles. The van der Waals surface area contributed by atoms with Gasteiger partial charge in [-0.1, -0.05) is 12.1 Å². The van der Waals surface area contributed by atoms with Gasteiger partial charge in [-0.15, -0.1) is 0 Å². The monoisotopic (exact) mass is 330 g/mol. The van der Waals surface area contributed by atoms with Crippen molar-refractivity contribution in [1.82, 2.24) is 15.6 Å². The molecule has 3 rings (SSSR count). The molecular formula is C17H19FN4O2. The Morgan fingerprint density at radius 2 is 2.12 bits per heavy atom. The maximum atomic E-state index is 13.8. The number of halogens is 1. The van der Waals surface area contributed by atoms with E-state index in [0.717, 1.165) is 0 Å². The van der Waals surface area contributed by atoms with Crippen molar-refractivity contribution in [1.29, 1.82) is 0 Å². The molecule has 1 saturated heterocycles. The number of carbonyl (C=O) groups is 1. The minimum atomic E-state index is -0.463. The first-order valence-electron chi connectivity index (χ1n) is 7.78. The van der Waals surface area contributed by atoms with Crippen LogP contribution in [0.25, 0.3) is 0 Å². The van der Waals surface area contributed by atoms with E-state index in [2.05, 4.69) is 20.9 Å². The average molecular weight is 330 g/mol. The summed E-state index contributed by atoms with van der Waals surface area (Å²) in [5, 5.41) is 18.5. The standard InChI is InChI=1S/C17H19FN4O2/c18-13-5-1-2-6-14(13)22-16-12(4-3-7-20-16)17(24)21-9-11-8-19-10-15(11)23/h1-7,11,15,19,23H,8-10H2,(H,20,22)(H,21,24). The van der Waals surface area contributed by atoms with Crippen LogP contribution < -0.4 is 16.0 Å². The van der Waals surface area contributed by atoms with Crippen LogP contribution in [0.2, 0.25) is 0 Å². The van der Waals surface area contributed by atoms with Gasteiger partial charge in [0.05, 0.1) is 17.4 Å². The third-order valence-electron chi connectivity index (χ3n) is 4.01. The molecule has 126 valence electrons. The Balaban J connectivity index is 1.71. The molecule has 4 N–H and O–H groups in total. The van der Waals surface area contributed by atoms with Crippen LogP contribution in [0.5, 0.6) is 0 Å². The fourth-order valence-electron chi connectivity index (χ4n) is 2.62. The molecule has 7 heteroatoms. The number of aliphatic hydroxyl groups excluding tert-OH is 1. The Morgan fingerprint density at radius 1 is 1.29 bits per heavy atom. The Morgan fingerprint density at radius 3 is 2.88 bits per heavy atom. The van der Waals surface area contributed by atoms with Gasteiger partial charge in [0.25, 0.3) is 5.91 Å². The van der Waals surface area contributed by atoms with Crippen LogP contribution in [0.4, 0.5) is 15.9 Å². The maximum absolute atomic E-state index is 13.8. The summed E-state index contributed by atoms with van der Waals surface area (Å²) in [6.45, 7) is 1.56. The number of nitrogens with zero attached hydrogens (tertiary/aromatic N) is 1. The molecular weight excluding hydrogens is 311 g/mol. The summed E-state index contributed by atoms with van der Waals surface area (Å²) in [7, 11) is 0. The third kappa shape index (κ3) is 3.69. The number of benzene rings is 1. The molecule has 1 aliphatic rings. The van der Waals surface area contributed by atoms with Gasteiger partial charge < -0.3 is 21.1 Å². The highest BCUT2D eigenvalue weighted by Crippen LogP contribution is 2.21. The summed E-state index contributed by atoms with van der Waals surface area (Å²) in [5.74, 6) is -0.477. The Kier molecular flexibility index (Phi) is 5.02. The number of aliphatic hydroxyl groups is 1. The minimum absolute atomic E-state index is 0.0198. The van der Waals surface area contributed by atoms with Gasteiger partial charge in [0.1, 0.15) is 11.6 Å². The summed E-state index contributed by atoms with van der Waals surface area (Å²) >= 11 is 0. The zero-order valence-electron chi connectivity index (χ0n) is 13.0. The molecule has 2 aromatic rings. The summed E-state index contributed by atoms with van der Waals surface area (Å²) in [4.78, 5) is 16.5. The number of hydrogen-bond donors (Lipinski definition) is 4. The molecule has 1 aromatic carbocycles. The molecule has 2 heterocycles. The SMILES string of the molecule is O=C(NCC1CNCC1O)c1cccnc1Nc1ccccc1F. The maximum Gasteiger partial charge on any atom is 0.255 e. The number of β-amino-alcohol motifs (C(OH)–C–C–N with tert-alkyl or cyclic N) is 1. The molecule has 0 saturated carbocycles.